The number of anilines is 2. The monoisotopic (exact) mass is 206 g/mol. The molecule has 2 heterocycles. The lowest BCUT2D eigenvalue weighted by molar-refractivity contribution is 0.778. The zero-order valence-electron chi connectivity index (χ0n) is 9.10. The van der Waals surface area contributed by atoms with Crippen LogP contribution in [0, 0.1) is 0 Å². The molecule has 0 saturated carbocycles. The van der Waals surface area contributed by atoms with Gasteiger partial charge in [-0.25, -0.2) is 4.98 Å². The van der Waals surface area contributed by atoms with Gasteiger partial charge in [0.05, 0.1) is 6.33 Å². The van der Waals surface area contributed by atoms with Crippen molar-refractivity contribution in [1.29, 1.82) is 0 Å². The predicted molar refractivity (Wildman–Crippen MR) is 59.7 cm³/mol. The first-order valence-corrected chi connectivity index (χ1v) is 4.79. The highest BCUT2D eigenvalue weighted by Gasteiger charge is 2.12. The van der Waals surface area contributed by atoms with E-state index in [0.29, 0.717) is 0 Å². The molecule has 0 unspecified atom stereocenters. The Bertz CT molecular complexity index is 487. The largest absolute Gasteiger partial charge is 0.368 e. The molecule has 0 amide bonds. The summed E-state index contributed by atoms with van der Waals surface area (Å²) in [6.07, 6.45) is 1.76. The molecule has 0 saturated heterocycles. The fraction of sp³-hybridized carbons (Fsp3) is 0.444. The minimum atomic E-state index is 0.279. The summed E-state index contributed by atoms with van der Waals surface area (Å²) in [4.78, 5) is 14.5. The Kier molecular flexibility index (Phi) is 2.18. The number of aromatic nitrogens is 4. The maximum atomic E-state index is 5.66. The van der Waals surface area contributed by atoms with Gasteiger partial charge in [-0.15, -0.1) is 0 Å². The summed E-state index contributed by atoms with van der Waals surface area (Å²) in [6.45, 7) is 2.86. The average Bonchev–Trinajstić information content (AvgIpc) is 2.58. The standard InChI is InChI=1S/C9H14N6/c1-4-15-5-11-6-7(14(2)3)12-9(10)13-8(6)15/h5H,4H2,1-3H3,(H2,10,12,13). The Morgan fingerprint density at radius 1 is 1.40 bits per heavy atom. The van der Waals surface area contributed by atoms with Crippen LogP contribution >= 0.6 is 0 Å². The molecule has 0 bridgehead atoms. The second kappa shape index (κ2) is 3.38. The van der Waals surface area contributed by atoms with Crippen molar-refractivity contribution in [3.05, 3.63) is 6.33 Å². The number of rotatable bonds is 2. The average molecular weight is 206 g/mol. The van der Waals surface area contributed by atoms with Crippen molar-refractivity contribution in [2.45, 2.75) is 13.5 Å². The smallest absolute Gasteiger partial charge is 0.224 e. The van der Waals surface area contributed by atoms with Crippen LogP contribution in [0.5, 0.6) is 0 Å². The molecule has 6 nitrogen and oxygen atoms in total. The second-order valence-electron chi connectivity index (χ2n) is 3.50. The third-order valence-corrected chi connectivity index (χ3v) is 2.23. The zero-order chi connectivity index (χ0) is 11.0. The Morgan fingerprint density at radius 3 is 2.73 bits per heavy atom. The first kappa shape index (κ1) is 9.70. The van der Waals surface area contributed by atoms with Crippen molar-refractivity contribution < 1.29 is 0 Å². The van der Waals surface area contributed by atoms with Crippen LogP contribution in [0.2, 0.25) is 0 Å². The Balaban J connectivity index is 2.76. The van der Waals surface area contributed by atoms with Crippen molar-refractivity contribution in [1.82, 2.24) is 19.5 Å². The van der Waals surface area contributed by atoms with Crippen molar-refractivity contribution in [2.24, 2.45) is 0 Å². The van der Waals surface area contributed by atoms with E-state index in [-0.39, 0.29) is 5.95 Å². The highest BCUT2D eigenvalue weighted by atomic mass is 15.2. The summed E-state index contributed by atoms with van der Waals surface area (Å²) in [5.41, 5.74) is 7.23. The van der Waals surface area contributed by atoms with E-state index in [0.717, 1.165) is 23.5 Å². The number of nitrogen functional groups attached to an aromatic ring is 1. The van der Waals surface area contributed by atoms with Crippen LogP contribution < -0.4 is 10.6 Å². The topological polar surface area (TPSA) is 72.9 Å². The molecule has 0 aromatic carbocycles. The number of nitrogens with zero attached hydrogens (tertiary/aromatic N) is 5. The number of aryl methyl sites for hydroxylation is 1. The first-order chi connectivity index (χ1) is 7.13. The molecule has 2 rings (SSSR count). The molecule has 0 aliphatic carbocycles. The third kappa shape index (κ3) is 1.47. The Morgan fingerprint density at radius 2 is 2.13 bits per heavy atom. The summed E-state index contributed by atoms with van der Waals surface area (Å²) in [5, 5.41) is 0. The lowest BCUT2D eigenvalue weighted by Crippen LogP contribution is -2.13. The van der Waals surface area contributed by atoms with Crippen LogP contribution in [0.3, 0.4) is 0 Å². The summed E-state index contributed by atoms with van der Waals surface area (Å²) in [7, 11) is 3.82. The number of imidazole rings is 1. The van der Waals surface area contributed by atoms with Gasteiger partial charge in [-0.2, -0.15) is 9.97 Å². The minimum absolute atomic E-state index is 0.279. The van der Waals surface area contributed by atoms with E-state index >= 15 is 0 Å². The molecule has 0 spiro atoms. The van der Waals surface area contributed by atoms with Crippen LogP contribution in [-0.2, 0) is 6.54 Å². The van der Waals surface area contributed by atoms with E-state index in [1.807, 2.05) is 30.5 Å². The summed E-state index contributed by atoms with van der Waals surface area (Å²) < 4.78 is 1.94. The molecule has 15 heavy (non-hydrogen) atoms. The van der Waals surface area contributed by atoms with E-state index < -0.39 is 0 Å². The molecule has 2 N–H and O–H groups in total. The van der Waals surface area contributed by atoms with Crippen LogP contribution in [0.25, 0.3) is 11.2 Å². The van der Waals surface area contributed by atoms with Gasteiger partial charge in [0.15, 0.2) is 17.0 Å². The molecule has 0 fully saturated rings. The van der Waals surface area contributed by atoms with Crippen molar-refractivity contribution in [3.63, 3.8) is 0 Å². The van der Waals surface area contributed by atoms with E-state index in [1.54, 1.807) is 6.33 Å². The molecule has 2 aromatic rings. The summed E-state index contributed by atoms with van der Waals surface area (Å²) in [5.74, 6) is 1.03. The normalized spacial score (nSPS) is 10.9. The van der Waals surface area contributed by atoms with E-state index in [1.165, 1.54) is 0 Å². The highest BCUT2D eigenvalue weighted by molar-refractivity contribution is 5.84. The van der Waals surface area contributed by atoms with Crippen LogP contribution in [0.4, 0.5) is 11.8 Å². The highest BCUT2D eigenvalue weighted by Crippen LogP contribution is 2.21. The maximum Gasteiger partial charge on any atom is 0.224 e. The fourth-order valence-electron chi connectivity index (χ4n) is 1.49. The number of nitrogens with two attached hydrogens (primary N) is 1. The fourth-order valence-corrected chi connectivity index (χ4v) is 1.49. The van der Waals surface area contributed by atoms with Gasteiger partial charge in [0.1, 0.15) is 0 Å². The first-order valence-electron chi connectivity index (χ1n) is 4.79. The van der Waals surface area contributed by atoms with E-state index in [2.05, 4.69) is 15.0 Å². The lowest BCUT2D eigenvalue weighted by Gasteiger charge is -2.11. The molecule has 0 aliphatic heterocycles. The minimum Gasteiger partial charge on any atom is -0.368 e. The van der Waals surface area contributed by atoms with Gasteiger partial charge in [0.2, 0.25) is 5.95 Å². The predicted octanol–water partition coefficient (Wildman–Crippen LogP) is 0.494. The number of hydrogen-bond acceptors (Lipinski definition) is 5. The van der Waals surface area contributed by atoms with Crippen LogP contribution in [0.15, 0.2) is 6.33 Å². The summed E-state index contributed by atoms with van der Waals surface area (Å²) in [6, 6.07) is 0. The molecule has 6 heteroatoms. The van der Waals surface area contributed by atoms with Crippen LogP contribution in [0.1, 0.15) is 6.92 Å². The summed E-state index contributed by atoms with van der Waals surface area (Å²) >= 11 is 0. The zero-order valence-corrected chi connectivity index (χ0v) is 9.10. The second-order valence-corrected chi connectivity index (χ2v) is 3.50. The van der Waals surface area contributed by atoms with Crippen molar-refractivity contribution >= 4 is 22.9 Å². The van der Waals surface area contributed by atoms with Gasteiger partial charge in [0.25, 0.3) is 0 Å². The molecular weight excluding hydrogens is 192 g/mol. The Labute approximate surface area is 87.8 Å². The molecule has 80 valence electrons. The van der Waals surface area contributed by atoms with Gasteiger partial charge in [-0.1, -0.05) is 0 Å². The molecule has 0 aliphatic rings. The van der Waals surface area contributed by atoms with Crippen molar-refractivity contribution in [2.75, 3.05) is 24.7 Å². The van der Waals surface area contributed by atoms with Gasteiger partial charge in [-0.3, -0.25) is 0 Å². The quantitative estimate of drug-likeness (QED) is 0.774. The lowest BCUT2D eigenvalue weighted by atomic mass is 10.4. The SMILES string of the molecule is CCn1cnc2c(N(C)C)nc(N)nc21. The van der Waals surface area contributed by atoms with E-state index in [9.17, 15) is 0 Å². The third-order valence-electron chi connectivity index (χ3n) is 2.23. The van der Waals surface area contributed by atoms with Gasteiger partial charge >= 0.3 is 0 Å². The van der Waals surface area contributed by atoms with Gasteiger partial charge in [-0.05, 0) is 6.92 Å². The van der Waals surface area contributed by atoms with E-state index in [4.69, 9.17) is 5.73 Å². The molecule has 0 radical (unpaired) electrons. The molecule has 2 aromatic heterocycles. The van der Waals surface area contributed by atoms with Gasteiger partial charge in [0, 0.05) is 20.6 Å². The number of fused-ring (bicyclic) bond motifs is 1. The maximum absolute atomic E-state index is 5.66. The molecule has 0 atom stereocenters. The molecular formula is C9H14N6. The Hall–Kier alpha value is -1.85. The number of hydrogen-bond donors (Lipinski definition) is 1. The van der Waals surface area contributed by atoms with Crippen molar-refractivity contribution in [3.8, 4) is 0 Å². The van der Waals surface area contributed by atoms with Crippen LogP contribution in [-0.4, -0.2) is 33.6 Å². The van der Waals surface area contributed by atoms with Gasteiger partial charge < -0.3 is 15.2 Å².